The summed E-state index contributed by atoms with van der Waals surface area (Å²) < 4.78 is 0. The Morgan fingerprint density at radius 1 is 1.13 bits per heavy atom. The Morgan fingerprint density at radius 3 is 2.47 bits per heavy atom. The molecule has 0 aliphatic rings. The molecule has 0 fully saturated rings. The molecule has 15 heavy (non-hydrogen) atoms. The molecule has 0 saturated carbocycles. The first kappa shape index (κ1) is 11.1. The van der Waals surface area contributed by atoms with Crippen molar-refractivity contribution in [2.45, 2.75) is 13.3 Å². The largest absolute Gasteiger partial charge is 0.508 e. The predicted octanol–water partition coefficient (Wildman–Crippen LogP) is 3.36. The number of hydrogen-bond acceptors (Lipinski definition) is 1. The molecule has 1 heteroatoms. The molecular formula is C14H14O. The van der Waals surface area contributed by atoms with Gasteiger partial charge >= 0.3 is 0 Å². The van der Waals surface area contributed by atoms with Gasteiger partial charge in [0.05, 0.1) is 0 Å². The van der Waals surface area contributed by atoms with Crippen molar-refractivity contribution in [2.75, 3.05) is 0 Å². The number of hydrogen-bond donors (Lipinski definition) is 1. The van der Waals surface area contributed by atoms with Gasteiger partial charge in [0.1, 0.15) is 5.75 Å². The van der Waals surface area contributed by atoms with Crippen LogP contribution < -0.4 is 0 Å². The van der Waals surface area contributed by atoms with Crippen LogP contribution in [0.4, 0.5) is 0 Å². The van der Waals surface area contributed by atoms with Crippen molar-refractivity contribution < 1.29 is 5.11 Å². The zero-order chi connectivity index (χ0) is 11.3. The topological polar surface area (TPSA) is 20.2 Å². The van der Waals surface area contributed by atoms with Gasteiger partial charge in [-0.1, -0.05) is 31.2 Å². The van der Waals surface area contributed by atoms with Gasteiger partial charge in [-0.25, -0.2) is 0 Å². The number of terminal acetylenes is 1. The van der Waals surface area contributed by atoms with Crippen LogP contribution in [0, 0.1) is 12.8 Å². The highest BCUT2D eigenvalue weighted by molar-refractivity contribution is 5.87. The van der Waals surface area contributed by atoms with Gasteiger partial charge in [0.25, 0.3) is 0 Å². The number of aromatic hydroxyl groups is 1. The van der Waals surface area contributed by atoms with Gasteiger partial charge in [0, 0.05) is 0 Å². The van der Waals surface area contributed by atoms with Crippen molar-refractivity contribution in [3.63, 3.8) is 0 Å². The molecule has 0 radical (unpaired) electrons. The summed E-state index contributed by atoms with van der Waals surface area (Å²) in [7, 11) is 0. The second-order valence-electron chi connectivity index (χ2n) is 3.18. The molecule has 1 N–H and O–H groups in total. The van der Waals surface area contributed by atoms with E-state index in [9.17, 15) is 5.11 Å². The molecule has 76 valence electrons. The number of phenols is 1. The number of rotatable bonds is 1. The molecule has 1 nitrogen and oxygen atoms in total. The minimum absolute atomic E-state index is 0.357. The van der Waals surface area contributed by atoms with Crippen LogP contribution in [0.15, 0.2) is 36.4 Å². The lowest BCUT2D eigenvalue weighted by Crippen LogP contribution is -1.82. The highest BCUT2D eigenvalue weighted by atomic mass is 16.3. The molecule has 0 saturated heterocycles. The first-order valence-corrected chi connectivity index (χ1v) is 4.85. The maximum atomic E-state index is 9.44. The van der Waals surface area contributed by atoms with Crippen LogP contribution in [-0.4, -0.2) is 5.11 Å². The Labute approximate surface area is 90.4 Å². The number of phenolic OH excluding ortho intramolecular Hbond substituents is 1. The number of fused-ring (bicyclic) bond motifs is 1. The molecule has 0 unspecified atom stereocenters. The van der Waals surface area contributed by atoms with E-state index >= 15 is 0 Å². The number of benzene rings is 2. The lowest BCUT2D eigenvalue weighted by Gasteiger charge is -2.04. The summed E-state index contributed by atoms with van der Waals surface area (Å²) in [6.07, 6.45) is 8.95. The van der Waals surface area contributed by atoms with E-state index in [1.165, 1.54) is 10.9 Å². The maximum Gasteiger partial charge on any atom is 0.116 e. The quantitative estimate of drug-likeness (QED) is 0.697. The summed E-state index contributed by atoms with van der Waals surface area (Å²) in [6, 6.07) is 11.8. The van der Waals surface area contributed by atoms with Gasteiger partial charge in [-0.05, 0) is 34.9 Å². The molecule has 0 spiro atoms. The Morgan fingerprint density at radius 2 is 1.80 bits per heavy atom. The fourth-order valence-electron chi connectivity index (χ4n) is 1.67. The second kappa shape index (κ2) is 5.07. The van der Waals surface area contributed by atoms with Gasteiger partial charge in [-0.3, -0.25) is 0 Å². The van der Waals surface area contributed by atoms with Crippen LogP contribution in [-0.2, 0) is 6.42 Å². The minimum Gasteiger partial charge on any atom is -0.508 e. The van der Waals surface area contributed by atoms with E-state index in [4.69, 9.17) is 0 Å². The Bertz CT molecular complexity index is 469. The Balaban J connectivity index is 0.000000531. The van der Waals surface area contributed by atoms with E-state index in [0.29, 0.717) is 5.75 Å². The monoisotopic (exact) mass is 198 g/mol. The molecule has 0 aliphatic heterocycles. The van der Waals surface area contributed by atoms with Gasteiger partial charge in [0.15, 0.2) is 0 Å². The number of aryl methyl sites for hydroxylation is 1. The summed E-state index contributed by atoms with van der Waals surface area (Å²) in [5.41, 5.74) is 1.20. The average Bonchev–Trinajstić information content (AvgIpc) is 2.30. The SMILES string of the molecule is C#C.CCc1cc(O)cc2ccccc12. The third kappa shape index (κ3) is 2.30. The molecule has 2 rings (SSSR count). The van der Waals surface area contributed by atoms with Crippen molar-refractivity contribution in [2.24, 2.45) is 0 Å². The average molecular weight is 198 g/mol. The van der Waals surface area contributed by atoms with Gasteiger partial charge < -0.3 is 5.11 Å². The molecule has 0 amide bonds. The van der Waals surface area contributed by atoms with Crippen molar-refractivity contribution in [1.82, 2.24) is 0 Å². The van der Waals surface area contributed by atoms with Gasteiger partial charge in [0.2, 0.25) is 0 Å². The Kier molecular flexibility index (Phi) is 3.76. The van der Waals surface area contributed by atoms with E-state index in [1.807, 2.05) is 24.3 Å². The summed E-state index contributed by atoms with van der Waals surface area (Å²) in [5, 5.41) is 11.8. The highest BCUT2D eigenvalue weighted by Crippen LogP contribution is 2.24. The van der Waals surface area contributed by atoms with Crippen LogP contribution in [0.3, 0.4) is 0 Å². The van der Waals surface area contributed by atoms with E-state index in [1.54, 1.807) is 6.07 Å². The third-order valence-electron chi connectivity index (χ3n) is 2.31. The van der Waals surface area contributed by atoms with Crippen molar-refractivity contribution in [3.05, 3.63) is 42.0 Å². The predicted molar refractivity (Wildman–Crippen MR) is 64.9 cm³/mol. The van der Waals surface area contributed by atoms with Crippen LogP contribution in [0.1, 0.15) is 12.5 Å². The first-order valence-electron chi connectivity index (χ1n) is 4.85. The van der Waals surface area contributed by atoms with Crippen molar-refractivity contribution in [1.29, 1.82) is 0 Å². The molecule has 2 aromatic carbocycles. The standard InChI is InChI=1S/C12H12O.C2H2/c1-2-9-7-11(13)8-10-5-3-4-6-12(9)10;1-2/h3-8,13H,2H2,1H3;1-2H. The summed E-state index contributed by atoms with van der Waals surface area (Å²) in [6.45, 7) is 2.10. The maximum absolute atomic E-state index is 9.44. The molecule has 0 heterocycles. The van der Waals surface area contributed by atoms with E-state index in [-0.39, 0.29) is 0 Å². The molecule has 0 atom stereocenters. The second-order valence-corrected chi connectivity index (χ2v) is 3.18. The summed E-state index contributed by atoms with van der Waals surface area (Å²) in [4.78, 5) is 0. The molecule has 0 bridgehead atoms. The molecule has 0 aromatic heterocycles. The van der Waals surface area contributed by atoms with Crippen molar-refractivity contribution >= 4 is 10.8 Å². The molecule has 2 aromatic rings. The fourth-order valence-corrected chi connectivity index (χ4v) is 1.67. The van der Waals surface area contributed by atoms with E-state index in [2.05, 4.69) is 25.8 Å². The highest BCUT2D eigenvalue weighted by Gasteiger charge is 2.00. The fraction of sp³-hybridized carbons (Fsp3) is 0.143. The molecule has 0 aliphatic carbocycles. The van der Waals surface area contributed by atoms with Crippen molar-refractivity contribution in [3.8, 4) is 18.6 Å². The zero-order valence-electron chi connectivity index (χ0n) is 8.77. The first-order chi connectivity index (χ1) is 7.31. The third-order valence-corrected chi connectivity index (χ3v) is 2.31. The Hall–Kier alpha value is -1.94. The smallest absolute Gasteiger partial charge is 0.116 e. The lowest BCUT2D eigenvalue weighted by molar-refractivity contribution is 0.475. The zero-order valence-corrected chi connectivity index (χ0v) is 8.77. The summed E-state index contributed by atoms with van der Waals surface area (Å²) in [5.74, 6) is 0.357. The van der Waals surface area contributed by atoms with E-state index < -0.39 is 0 Å². The van der Waals surface area contributed by atoms with E-state index in [0.717, 1.165) is 11.8 Å². The lowest BCUT2D eigenvalue weighted by atomic mass is 10.0. The van der Waals surface area contributed by atoms with Crippen LogP contribution >= 0.6 is 0 Å². The van der Waals surface area contributed by atoms with Gasteiger partial charge in [-0.2, -0.15) is 0 Å². The van der Waals surface area contributed by atoms with Gasteiger partial charge in [-0.15, -0.1) is 12.8 Å². The van der Waals surface area contributed by atoms with Crippen LogP contribution in [0.25, 0.3) is 10.8 Å². The van der Waals surface area contributed by atoms with Crippen LogP contribution in [0.5, 0.6) is 5.75 Å². The van der Waals surface area contributed by atoms with Crippen LogP contribution in [0.2, 0.25) is 0 Å². The normalized spacial score (nSPS) is 9.27. The summed E-state index contributed by atoms with van der Waals surface area (Å²) >= 11 is 0. The molecular weight excluding hydrogens is 184 g/mol. The minimum atomic E-state index is 0.357.